The maximum atomic E-state index is 11.5. The van der Waals surface area contributed by atoms with Crippen molar-refractivity contribution in [3.63, 3.8) is 0 Å². The van der Waals surface area contributed by atoms with Gasteiger partial charge >= 0.3 is 0 Å². The average molecular weight is 362 g/mol. The molecule has 1 aromatic carbocycles. The molecule has 1 amide bonds. The van der Waals surface area contributed by atoms with Gasteiger partial charge in [0.25, 0.3) is 0 Å². The molecule has 0 N–H and O–H groups in total. The van der Waals surface area contributed by atoms with Crippen molar-refractivity contribution in [1.29, 1.82) is 0 Å². The van der Waals surface area contributed by atoms with Crippen molar-refractivity contribution < 1.29 is 4.79 Å². The van der Waals surface area contributed by atoms with E-state index in [9.17, 15) is 4.79 Å². The second-order valence-electron chi connectivity index (χ2n) is 5.85. The molecule has 2 aromatic rings. The van der Waals surface area contributed by atoms with Crippen molar-refractivity contribution >= 4 is 38.6 Å². The lowest BCUT2D eigenvalue weighted by atomic mass is 10.0. The molecule has 2 heterocycles. The number of aromatic nitrogens is 1. The molecule has 0 atom stereocenters. The fourth-order valence-corrected chi connectivity index (χ4v) is 3.34. The van der Waals surface area contributed by atoms with E-state index in [0.29, 0.717) is 6.04 Å². The highest BCUT2D eigenvalue weighted by Crippen LogP contribution is 2.24. The van der Waals surface area contributed by atoms with Crippen LogP contribution in [0, 0.1) is 0 Å². The largest absolute Gasteiger partial charge is 0.356 e. The predicted octanol–water partition coefficient (Wildman–Crippen LogP) is 3.44. The van der Waals surface area contributed by atoms with Gasteiger partial charge in [-0.1, -0.05) is 22.0 Å². The number of anilines is 1. The summed E-state index contributed by atoms with van der Waals surface area (Å²) in [5, 5.41) is 1.15. The Balaban J connectivity index is 1.75. The fraction of sp³-hybridized carbons (Fsp3) is 0.412. The second-order valence-corrected chi connectivity index (χ2v) is 6.77. The number of piperidine rings is 1. The SMILES string of the molecule is CC(=O)N(C)C1CCN(c2ccc3ccc(Br)cc3n2)CC1. The molecule has 5 heteroatoms. The number of hydrogen-bond donors (Lipinski definition) is 0. The summed E-state index contributed by atoms with van der Waals surface area (Å²) in [6.45, 7) is 3.51. The topological polar surface area (TPSA) is 36.4 Å². The first-order chi connectivity index (χ1) is 10.5. The minimum atomic E-state index is 0.145. The van der Waals surface area contributed by atoms with Crippen LogP contribution < -0.4 is 4.90 Å². The van der Waals surface area contributed by atoms with Gasteiger partial charge in [-0.2, -0.15) is 0 Å². The monoisotopic (exact) mass is 361 g/mol. The van der Waals surface area contributed by atoms with Crippen LogP contribution >= 0.6 is 15.9 Å². The molecule has 1 aliphatic heterocycles. The summed E-state index contributed by atoms with van der Waals surface area (Å²) >= 11 is 3.50. The van der Waals surface area contributed by atoms with E-state index in [-0.39, 0.29) is 5.91 Å². The van der Waals surface area contributed by atoms with Gasteiger partial charge < -0.3 is 9.80 Å². The maximum absolute atomic E-state index is 11.5. The van der Waals surface area contributed by atoms with Crippen LogP contribution in [0.2, 0.25) is 0 Å². The minimum absolute atomic E-state index is 0.145. The van der Waals surface area contributed by atoms with Crippen molar-refractivity contribution in [3.8, 4) is 0 Å². The summed E-state index contributed by atoms with van der Waals surface area (Å²) in [6.07, 6.45) is 1.99. The van der Waals surface area contributed by atoms with Crippen LogP contribution in [0.25, 0.3) is 10.9 Å². The molecule has 0 unspecified atom stereocenters. The lowest BCUT2D eigenvalue weighted by molar-refractivity contribution is -0.129. The summed E-state index contributed by atoms with van der Waals surface area (Å²) in [4.78, 5) is 20.4. The smallest absolute Gasteiger partial charge is 0.219 e. The molecule has 1 aromatic heterocycles. The summed E-state index contributed by atoms with van der Waals surface area (Å²) in [6, 6.07) is 10.7. The van der Waals surface area contributed by atoms with E-state index < -0.39 is 0 Å². The summed E-state index contributed by atoms with van der Waals surface area (Å²) in [5.41, 5.74) is 1.01. The van der Waals surface area contributed by atoms with E-state index >= 15 is 0 Å². The molecule has 0 spiro atoms. The summed E-state index contributed by atoms with van der Waals surface area (Å²) in [5.74, 6) is 1.17. The fourth-order valence-electron chi connectivity index (χ4n) is 3.00. The normalized spacial score (nSPS) is 16.0. The Bertz CT molecular complexity index is 695. The Morgan fingerprint density at radius 2 is 1.95 bits per heavy atom. The third kappa shape index (κ3) is 3.09. The van der Waals surface area contributed by atoms with Crippen LogP contribution in [0.5, 0.6) is 0 Å². The Hall–Kier alpha value is -1.62. The van der Waals surface area contributed by atoms with Gasteiger partial charge in [0.1, 0.15) is 5.82 Å². The molecule has 0 radical (unpaired) electrons. The van der Waals surface area contributed by atoms with Crippen LogP contribution in [0.15, 0.2) is 34.8 Å². The van der Waals surface area contributed by atoms with Gasteiger partial charge in [0, 0.05) is 43.0 Å². The first-order valence-corrected chi connectivity index (χ1v) is 8.38. The molecule has 0 bridgehead atoms. The predicted molar refractivity (Wildman–Crippen MR) is 93.1 cm³/mol. The lowest BCUT2D eigenvalue weighted by Gasteiger charge is -2.37. The van der Waals surface area contributed by atoms with E-state index in [4.69, 9.17) is 4.98 Å². The minimum Gasteiger partial charge on any atom is -0.356 e. The number of pyridine rings is 1. The van der Waals surface area contributed by atoms with Crippen molar-refractivity contribution in [1.82, 2.24) is 9.88 Å². The van der Waals surface area contributed by atoms with Crippen molar-refractivity contribution in [2.24, 2.45) is 0 Å². The summed E-state index contributed by atoms with van der Waals surface area (Å²) in [7, 11) is 1.90. The van der Waals surface area contributed by atoms with Crippen LogP contribution in [-0.2, 0) is 4.79 Å². The molecule has 1 aliphatic rings. The van der Waals surface area contributed by atoms with Gasteiger partial charge in [-0.15, -0.1) is 0 Å². The zero-order chi connectivity index (χ0) is 15.7. The van der Waals surface area contributed by atoms with Gasteiger partial charge in [-0.25, -0.2) is 4.98 Å². The molecule has 1 fully saturated rings. The van der Waals surface area contributed by atoms with E-state index in [1.54, 1.807) is 6.92 Å². The van der Waals surface area contributed by atoms with Crippen LogP contribution in [0.4, 0.5) is 5.82 Å². The number of hydrogen-bond acceptors (Lipinski definition) is 3. The zero-order valence-electron chi connectivity index (χ0n) is 12.9. The maximum Gasteiger partial charge on any atom is 0.219 e. The number of carbonyl (C=O) groups excluding carboxylic acids is 1. The average Bonchev–Trinajstić information content (AvgIpc) is 2.53. The van der Waals surface area contributed by atoms with Crippen molar-refractivity contribution in [2.45, 2.75) is 25.8 Å². The summed E-state index contributed by atoms with van der Waals surface area (Å²) < 4.78 is 1.05. The lowest BCUT2D eigenvalue weighted by Crippen LogP contribution is -2.45. The first-order valence-electron chi connectivity index (χ1n) is 7.59. The molecule has 1 saturated heterocycles. The molecule has 116 valence electrons. The van der Waals surface area contributed by atoms with Crippen LogP contribution in [0.1, 0.15) is 19.8 Å². The highest BCUT2D eigenvalue weighted by atomic mass is 79.9. The van der Waals surface area contributed by atoms with Gasteiger partial charge in [0.05, 0.1) is 5.52 Å². The highest BCUT2D eigenvalue weighted by Gasteiger charge is 2.24. The van der Waals surface area contributed by atoms with Gasteiger partial charge in [-0.05, 0) is 37.1 Å². The molecule has 0 aliphatic carbocycles. The number of halogens is 1. The van der Waals surface area contributed by atoms with E-state index in [1.807, 2.05) is 18.0 Å². The number of nitrogens with zero attached hydrogens (tertiary/aromatic N) is 3. The number of rotatable bonds is 2. The number of fused-ring (bicyclic) bond motifs is 1. The standard InChI is InChI=1S/C17H20BrN3O/c1-12(22)20(2)15-7-9-21(10-8-15)17-6-4-13-3-5-14(18)11-16(13)19-17/h3-6,11,15H,7-10H2,1-2H3. The Morgan fingerprint density at radius 1 is 1.27 bits per heavy atom. The molecular formula is C17H20BrN3O. The number of carbonyl (C=O) groups is 1. The third-order valence-electron chi connectivity index (χ3n) is 4.47. The van der Waals surface area contributed by atoms with Crippen LogP contribution in [-0.4, -0.2) is 42.0 Å². The van der Waals surface area contributed by atoms with Gasteiger partial charge in [-0.3, -0.25) is 4.79 Å². The third-order valence-corrected chi connectivity index (χ3v) is 4.97. The van der Waals surface area contributed by atoms with E-state index in [1.165, 1.54) is 0 Å². The number of amides is 1. The highest BCUT2D eigenvalue weighted by molar-refractivity contribution is 9.10. The van der Waals surface area contributed by atoms with E-state index in [0.717, 1.165) is 47.1 Å². The Morgan fingerprint density at radius 3 is 2.64 bits per heavy atom. The van der Waals surface area contributed by atoms with Crippen molar-refractivity contribution in [3.05, 3.63) is 34.8 Å². The number of benzene rings is 1. The van der Waals surface area contributed by atoms with E-state index in [2.05, 4.69) is 45.1 Å². The second kappa shape index (κ2) is 6.24. The van der Waals surface area contributed by atoms with Crippen molar-refractivity contribution in [2.75, 3.05) is 25.0 Å². The zero-order valence-corrected chi connectivity index (χ0v) is 14.5. The van der Waals surface area contributed by atoms with Gasteiger partial charge in [0.15, 0.2) is 0 Å². The Kier molecular flexibility index (Phi) is 4.34. The quantitative estimate of drug-likeness (QED) is 0.821. The molecular weight excluding hydrogens is 342 g/mol. The molecule has 3 rings (SSSR count). The Labute approximate surface area is 139 Å². The van der Waals surface area contributed by atoms with Crippen LogP contribution in [0.3, 0.4) is 0 Å². The first kappa shape index (κ1) is 15.3. The molecule has 4 nitrogen and oxygen atoms in total. The molecule has 0 saturated carbocycles. The molecule has 22 heavy (non-hydrogen) atoms. The van der Waals surface area contributed by atoms with Gasteiger partial charge in [0.2, 0.25) is 5.91 Å².